The first kappa shape index (κ1) is 21.7. The average molecular weight is 381 g/mol. The summed E-state index contributed by atoms with van der Waals surface area (Å²) >= 11 is 1.93. The maximum atomic E-state index is 4.63. The minimum Gasteiger partial charge on any atom is -0.316 e. The Balaban J connectivity index is 1.85. The van der Waals surface area contributed by atoms with Gasteiger partial charge < -0.3 is 9.88 Å². The number of piperidine rings is 1. The van der Waals surface area contributed by atoms with Gasteiger partial charge in [0.2, 0.25) is 0 Å². The van der Waals surface area contributed by atoms with Gasteiger partial charge in [0.05, 0.1) is 0 Å². The smallest absolute Gasteiger partial charge is 0.191 e. The Bertz CT molecular complexity index is 469. The van der Waals surface area contributed by atoms with E-state index in [2.05, 4.69) is 33.9 Å². The fourth-order valence-electron chi connectivity index (χ4n) is 3.73. The molecule has 0 saturated carbocycles. The third-order valence-electron chi connectivity index (χ3n) is 5.37. The molecule has 1 saturated heterocycles. The van der Waals surface area contributed by atoms with Crippen LogP contribution in [0.2, 0.25) is 0 Å². The molecule has 150 valence electrons. The number of nitrogens with zero attached hydrogens (tertiary/aromatic N) is 3. The van der Waals surface area contributed by atoms with Crippen LogP contribution in [-0.2, 0) is 6.54 Å². The molecule has 1 aromatic heterocycles. The molecular formula is C21H40N4S. The second kappa shape index (κ2) is 13.6. The molecular weight excluding hydrogens is 340 g/mol. The molecule has 0 aliphatic carbocycles. The summed E-state index contributed by atoms with van der Waals surface area (Å²) < 4.78 is 2.45. The summed E-state index contributed by atoms with van der Waals surface area (Å²) in [6.07, 6.45) is 15.9. The fraction of sp³-hybridized carbons (Fsp3) is 0.905. The van der Waals surface area contributed by atoms with Gasteiger partial charge in [0, 0.05) is 24.8 Å². The summed E-state index contributed by atoms with van der Waals surface area (Å²) in [5.41, 5.74) is 0. The van der Waals surface area contributed by atoms with Crippen molar-refractivity contribution in [3.63, 3.8) is 0 Å². The van der Waals surface area contributed by atoms with Crippen molar-refractivity contribution in [2.75, 3.05) is 18.8 Å². The van der Waals surface area contributed by atoms with Gasteiger partial charge in [0.25, 0.3) is 0 Å². The van der Waals surface area contributed by atoms with E-state index in [4.69, 9.17) is 0 Å². The van der Waals surface area contributed by atoms with E-state index >= 15 is 0 Å². The maximum Gasteiger partial charge on any atom is 0.191 e. The number of nitrogens with one attached hydrogen (secondary N) is 1. The summed E-state index contributed by atoms with van der Waals surface area (Å²) in [6.45, 7) is 7.87. The normalized spacial score (nSPS) is 17.7. The topological polar surface area (TPSA) is 42.7 Å². The molecule has 4 nitrogen and oxygen atoms in total. The van der Waals surface area contributed by atoms with Gasteiger partial charge in [-0.15, -0.1) is 10.2 Å². The molecule has 1 aromatic rings. The van der Waals surface area contributed by atoms with E-state index in [0.717, 1.165) is 24.8 Å². The van der Waals surface area contributed by atoms with Gasteiger partial charge in [0.15, 0.2) is 5.16 Å². The van der Waals surface area contributed by atoms with Crippen molar-refractivity contribution in [3.05, 3.63) is 5.82 Å². The van der Waals surface area contributed by atoms with Crippen LogP contribution < -0.4 is 5.32 Å². The quantitative estimate of drug-likeness (QED) is 0.328. The summed E-state index contributed by atoms with van der Waals surface area (Å²) in [6, 6.07) is 0. The Morgan fingerprint density at radius 3 is 2.42 bits per heavy atom. The van der Waals surface area contributed by atoms with E-state index in [1.807, 2.05) is 11.8 Å². The van der Waals surface area contributed by atoms with Crippen LogP contribution in [0.1, 0.15) is 103 Å². The molecule has 0 amide bonds. The molecule has 1 fully saturated rings. The minimum absolute atomic E-state index is 0.547. The first-order valence-electron chi connectivity index (χ1n) is 11.1. The van der Waals surface area contributed by atoms with Gasteiger partial charge >= 0.3 is 0 Å². The van der Waals surface area contributed by atoms with Crippen LogP contribution in [0.15, 0.2) is 5.16 Å². The number of hydrogen-bond donors (Lipinski definition) is 1. The molecule has 1 atom stereocenters. The van der Waals surface area contributed by atoms with Gasteiger partial charge in [-0.25, -0.2) is 0 Å². The molecule has 5 heteroatoms. The van der Waals surface area contributed by atoms with Crippen LogP contribution >= 0.6 is 11.8 Å². The third kappa shape index (κ3) is 7.59. The molecule has 1 aliphatic rings. The lowest BCUT2D eigenvalue weighted by molar-refractivity contribution is 0.422. The van der Waals surface area contributed by atoms with Crippen LogP contribution in [0.4, 0.5) is 0 Å². The average Bonchev–Trinajstić information content (AvgIpc) is 3.08. The summed E-state index contributed by atoms with van der Waals surface area (Å²) in [7, 11) is 0. The fourth-order valence-corrected chi connectivity index (χ4v) is 4.70. The van der Waals surface area contributed by atoms with E-state index in [9.17, 15) is 0 Å². The number of aromatic nitrogens is 3. The Morgan fingerprint density at radius 2 is 1.69 bits per heavy atom. The van der Waals surface area contributed by atoms with Crippen LogP contribution in [0.5, 0.6) is 0 Å². The predicted octanol–water partition coefficient (Wildman–Crippen LogP) is 5.78. The van der Waals surface area contributed by atoms with E-state index < -0.39 is 0 Å². The number of rotatable bonds is 14. The van der Waals surface area contributed by atoms with Gasteiger partial charge in [0.1, 0.15) is 5.82 Å². The molecule has 2 rings (SSSR count). The molecule has 0 bridgehead atoms. The van der Waals surface area contributed by atoms with Crippen LogP contribution in [-0.4, -0.2) is 33.6 Å². The van der Waals surface area contributed by atoms with Crippen molar-refractivity contribution in [1.82, 2.24) is 20.1 Å². The molecule has 0 spiro atoms. The van der Waals surface area contributed by atoms with Crippen LogP contribution in [0.3, 0.4) is 0 Å². The largest absolute Gasteiger partial charge is 0.316 e. The van der Waals surface area contributed by atoms with E-state index in [0.29, 0.717) is 5.92 Å². The first-order valence-corrected chi connectivity index (χ1v) is 12.1. The maximum absolute atomic E-state index is 4.63. The van der Waals surface area contributed by atoms with Crippen molar-refractivity contribution >= 4 is 11.8 Å². The highest BCUT2D eigenvalue weighted by atomic mass is 32.2. The summed E-state index contributed by atoms with van der Waals surface area (Å²) in [5.74, 6) is 2.97. The third-order valence-corrected chi connectivity index (χ3v) is 6.42. The zero-order chi connectivity index (χ0) is 18.5. The highest BCUT2D eigenvalue weighted by molar-refractivity contribution is 7.99. The Kier molecular flexibility index (Phi) is 11.4. The van der Waals surface area contributed by atoms with E-state index in [-0.39, 0.29) is 0 Å². The SMILES string of the molecule is CCCCCCCCSc1nnc(C2CCCNC2)n1CCCCCC. The summed E-state index contributed by atoms with van der Waals surface area (Å²) in [5, 5.41) is 13.9. The Labute approximate surface area is 165 Å². The van der Waals surface area contributed by atoms with Crippen LogP contribution in [0.25, 0.3) is 0 Å². The monoisotopic (exact) mass is 380 g/mol. The van der Waals surface area contributed by atoms with Crippen molar-refractivity contribution in [3.8, 4) is 0 Å². The van der Waals surface area contributed by atoms with E-state index in [1.54, 1.807) is 0 Å². The van der Waals surface area contributed by atoms with Crippen molar-refractivity contribution in [2.45, 2.75) is 109 Å². The second-order valence-corrected chi connectivity index (χ2v) is 8.77. The molecule has 0 aromatic carbocycles. The molecule has 26 heavy (non-hydrogen) atoms. The van der Waals surface area contributed by atoms with Gasteiger partial charge in [-0.1, -0.05) is 77.0 Å². The lowest BCUT2D eigenvalue weighted by Gasteiger charge is -2.23. The van der Waals surface area contributed by atoms with Crippen LogP contribution in [0, 0.1) is 0 Å². The van der Waals surface area contributed by atoms with Crippen molar-refractivity contribution < 1.29 is 0 Å². The van der Waals surface area contributed by atoms with Gasteiger partial charge in [-0.3, -0.25) is 0 Å². The highest BCUT2D eigenvalue weighted by Crippen LogP contribution is 2.27. The lowest BCUT2D eigenvalue weighted by atomic mass is 9.99. The molecule has 1 N–H and O–H groups in total. The van der Waals surface area contributed by atoms with Gasteiger partial charge in [-0.05, 0) is 32.2 Å². The minimum atomic E-state index is 0.547. The second-order valence-electron chi connectivity index (χ2n) is 7.71. The molecule has 1 unspecified atom stereocenters. The lowest BCUT2D eigenvalue weighted by Crippen LogP contribution is -2.30. The molecule has 0 radical (unpaired) electrons. The molecule has 1 aliphatic heterocycles. The summed E-state index contributed by atoms with van der Waals surface area (Å²) in [4.78, 5) is 0. The van der Waals surface area contributed by atoms with E-state index in [1.165, 1.54) is 88.6 Å². The number of thioether (sulfide) groups is 1. The number of hydrogen-bond acceptors (Lipinski definition) is 4. The zero-order valence-corrected chi connectivity index (χ0v) is 18.0. The zero-order valence-electron chi connectivity index (χ0n) is 17.1. The highest BCUT2D eigenvalue weighted by Gasteiger charge is 2.23. The Hall–Kier alpha value is -0.550. The standard InChI is InChI=1S/C21H40N4S/c1-3-5-7-9-10-12-17-26-21-24-23-20(19-14-13-15-22-18-19)25(21)16-11-8-6-4-2/h19,22H,3-18H2,1-2H3. The number of unbranched alkanes of at least 4 members (excludes halogenated alkanes) is 8. The molecule has 2 heterocycles. The predicted molar refractivity (Wildman–Crippen MR) is 113 cm³/mol. The Morgan fingerprint density at radius 1 is 0.962 bits per heavy atom. The van der Waals surface area contributed by atoms with Crippen molar-refractivity contribution in [2.24, 2.45) is 0 Å². The van der Waals surface area contributed by atoms with Crippen molar-refractivity contribution in [1.29, 1.82) is 0 Å². The van der Waals surface area contributed by atoms with Gasteiger partial charge in [-0.2, -0.15) is 0 Å². The first-order chi connectivity index (χ1) is 12.9.